The minimum absolute atomic E-state index is 0.203. The number of aliphatic hydroxyl groups is 2. The van der Waals surface area contributed by atoms with Crippen molar-refractivity contribution in [3.63, 3.8) is 0 Å². The molecule has 0 aliphatic carbocycles. The zero-order valence-corrected chi connectivity index (χ0v) is 11.3. The predicted molar refractivity (Wildman–Crippen MR) is 69.9 cm³/mol. The van der Waals surface area contributed by atoms with Gasteiger partial charge in [-0.2, -0.15) is 0 Å². The van der Waals surface area contributed by atoms with E-state index in [0.29, 0.717) is 5.65 Å². The van der Waals surface area contributed by atoms with Crippen molar-refractivity contribution in [3.8, 4) is 0 Å². The van der Waals surface area contributed by atoms with E-state index in [2.05, 4.69) is 9.97 Å². The first-order chi connectivity index (χ1) is 9.55. The number of hydrogen-bond donors (Lipinski definition) is 2. The van der Waals surface area contributed by atoms with Gasteiger partial charge in [0.15, 0.2) is 6.23 Å². The Morgan fingerprint density at radius 2 is 2.35 bits per heavy atom. The van der Waals surface area contributed by atoms with Crippen LogP contribution in [0, 0.1) is 0 Å². The van der Waals surface area contributed by atoms with Crippen LogP contribution in [0.2, 0.25) is 0 Å². The highest BCUT2D eigenvalue weighted by molar-refractivity contribution is 5.74. The summed E-state index contributed by atoms with van der Waals surface area (Å²) in [5, 5.41) is 21.6. The molecule has 108 valence electrons. The molecule has 0 saturated carbocycles. The molecule has 0 spiro atoms. The molecule has 0 bridgehead atoms. The SMILES string of the molecule is COC[C@H]1O[C@@H](n2ccc3cncnc32)[C@H](O)[C@]1(C)O. The van der Waals surface area contributed by atoms with E-state index in [0.717, 1.165) is 5.39 Å². The van der Waals surface area contributed by atoms with Gasteiger partial charge in [0.25, 0.3) is 0 Å². The van der Waals surface area contributed by atoms with Crippen LogP contribution in [-0.4, -0.2) is 56.3 Å². The van der Waals surface area contributed by atoms with Crippen LogP contribution < -0.4 is 0 Å². The van der Waals surface area contributed by atoms with Crippen molar-refractivity contribution in [1.29, 1.82) is 0 Å². The summed E-state index contributed by atoms with van der Waals surface area (Å²) in [6.07, 6.45) is 2.49. The summed E-state index contributed by atoms with van der Waals surface area (Å²) in [7, 11) is 1.53. The fourth-order valence-corrected chi connectivity index (χ4v) is 2.54. The van der Waals surface area contributed by atoms with Gasteiger partial charge < -0.3 is 24.3 Å². The van der Waals surface area contributed by atoms with Crippen LogP contribution in [0.25, 0.3) is 11.0 Å². The quantitative estimate of drug-likeness (QED) is 0.827. The molecule has 0 radical (unpaired) electrons. The number of aliphatic hydroxyl groups excluding tert-OH is 1. The molecule has 1 saturated heterocycles. The largest absolute Gasteiger partial charge is 0.385 e. The second kappa shape index (κ2) is 4.78. The Morgan fingerprint density at radius 1 is 1.55 bits per heavy atom. The van der Waals surface area contributed by atoms with E-state index in [1.165, 1.54) is 13.4 Å². The monoisotopic (exact) mass is 279 g/mol. The second-order valence-corrected chi connectivity index (χ2v) is 5.17. The maximum absolute atomic E-state index is 10.4. The summed E-state index contributed by atoms with van der Waals surface area (Å²) in [4.78, 5) is 8.13. The number of hydrogen-bond acceptors (Lipinski definition) is 6. The van der Waals surface area contributed by atoms with Crippen molar-refractivity contribution in [1.82, 2.24) is 14.5 Å². The predicted octanol–water partition coefficient (Wildman–Crippen LogP) is 0.0870. The van der Waals surface area contributed by atoms with Gasteiger partial charge in [-0.05, 0) is 13.0 Å². The van der Waals surface area contributed by atoms with E-state index < -0.39 is 24.0 Å². The Bertz CT molecular complexity index is 612. The third-order valence-corrected chi connectivity index (χ3v) is 3.79. The van der Waals surface area contributed by atoms with E-state index in [4.69, 9.17) is 9.47 Å². The van der Waals surface area contributed by atoms with Crippen LogP contribution >= 0.6 is 0 Å². The minimum Gasteiger partial charge on any atom is -0.385 e. The maximum atomic E-state index is 10.4. The lowest BCUT2D eigenvalue weighted by atomic mass is 9.95. The van der Waals surface area contributed by atoms with Crippen LogP contribution in [0.1, 0.15) is 13.2 Å². The van der Waals surface area contributed by atoms with Crippen molar-refractivity contribution >= 4 is 11.0 Å². The summed E-state index contributed by atoms with van der Waals surface area (Å²) in [6, 6.07) is 1.84. The fraction of sp³-hybridized carbons (Fsp3) is 0.538. The Labute approximate surface area is 115 Å². The Balaban J connectivity index is 1.98. The van der Waals surface area contributed by atoms with Crippen molar-refractivity contribution in [3.05, 3.63) is 24.8 Å². The first kappa shape index (κ1) is 13.4. The standard InChI is InChI=1S/C13H17N3O4/c1-13(18)9(6-19-2)20-12(10(13)17)16-4-3-8-5-14-7-15-11(8)16/h3-5,7,9-10,12,17-18H,6H2,1-2H3/t9-,10+,12-,13-/m1/s1. The molecule has 3 rings (SSSR count). The lowest BCUT2D eigenvalue weighted by molar-refractivity contribution is -0.0870. The van der Waals surface area contributed by atoms with Crippen molar-refractivity contribution in [2.45, 2.75) is 31.0 Å². The molecule has 2 aromatic heterocycles. The van der Waals surface area contributed by atoms with Gasteiger partial charge in [-0.3, -0.25) is 0 Å². The zero-order valence-electron chi connectivity index (χ0n) is 11.3. The van der Waals surface area contributed by atoms with Gasteiger partial charge in [-0.25, -0.2) is 9.97 Å². The molecule has 2 aromatic rings. The molecule has 2 N–H and O–H groups in total. The molecular formula is C13H17N3O4. The van der Waals surface area contributed by atoms with Gasteiger partial charge in [0.05, 0.1) is 6.61 Å². The molecule has 0 unspecified atom stereocenters. The normalized spacial score (nSPS) is 33.9. The van der Waals surface area contributed by atoms with E-state index >= 15 is 0 Å². The molecule has 0 amide bonds. The number of ether oxygens (including phenoxy) is 2. The van der Waals surface area contributed by atoms with Crippen molar-refractivity contribution < 1.29 is 19.7 Å². The summed E-state index contributed by atoms with van der Waals surface area (Å²) in [6.45, 7) is 1.75. The molecule has 1 fully saturated rings. The van der Waals surface area contributed by atoms with Crippen LogP contribution in [-0.2, 0) is 9.47 Å². The molecule has 3 heterocycles. The highest BCUT2D eigenvalue weighted by Gasteiger charge is 2.52. The molecule has 4 atom stereocenters. The third kappa shape index (κ3) is 1.90. The van der Waals surface area contributed by atoms with Gasteiger partial charge >= 0.3 is 0 Å². The Kier molecular flexibility index (Phi) is 3.21. The molecule has 1 aliphatic rings. The lowest BCUT2D eigenvalue weighted by Crippen LogP contribution is -2.46. The number of fused-ring (bicyclic) bond motifs is 1. The lowest BCUT2D eigenvalue weighted by Gasteiger charge is -2.25. The number of nitrogens with zero attached hydrogens (tertiary/aromatic N) is 3. The first-order valence-corrected chi connectivity index (χ1v) is 6.37. The van der Waals surface area contributed by atoms with Gasteiger partial charge in [0.2, 0.25) is 0 Å². The summed E-state index contributed by atoms with van der Waals surface area (Å²) < 4.78 is 12.5. The zero-order chi connectivity index (χ0) is 14.3. The highest BCUT2D eigenvalue weighted by atomic mass is 16.6. The van der Waals surface area contributed by atoms with Crippen molar-refractivity contribution in [2.24, 2.45) is 0 Å². The maximum Gasteiger partial charge on any atom is 0.164 e. The first-order valence-electron chi connectivity index (χ1n) is 6.37. The number of methoxy groups -OCH3 is 1. The third-order valence-electron chi connectivity index (χ3n) is 3.79. The summed E-state index contributed by atoms with van der Waals surface area (Å²) >= 11 is 0. The van der Waals surface area contributed by atoms with E-state index in [1.807, 2.05) is 6.07 Å². The molecule has 0 aromatic carbocycles. The average molecular weight is 279 g/mol. The van der Waals surface area contributed by atoms with Gasteiger partial charge in [-0.15, -0.1) is 0 Å². The number of rotatable bonds is 3. The fourth-order valence-electron chi connectivity index (χ4n) is 2.54. The summed E-state index contributed by atoms with van der Waals surface area (Å²) in [5.74, 6) is 0. The Morgan fingerprint density at radius 3 is 3.10 bits per heavy atom. The second-order valence-electron chi connectivity index (χ2n) is 5.17. The molecular weight excluding hydrogens is 262 g/mol. The van der Waals surface area contributed by atoms with E-state index in [1.54, 1.807) is 23.9 Å². The van der Waals surface area contributed by atoms with Crippen LogP contribution in [0.15, 0.2) is 24.8 Å². The molecule has 20 heavy (non-hydrogen) atoms. The van der Waals surface area contributed by atoms with Gasteiger partial charge in [0, 0.05) is 24.9 Å². The number of aromatic nitrogens is 3. The highest BCUT2D eigenvalue weighted by Crippen LogP contribution is 2.38. The average Bonchev–Trinajstić information content (AvgIpc) is 2.94. The Hall–Kier alpha value is -1.54. The van der Waals surface area contributed by atoms with E-state index in [-0.39, 0.29) is 6.61 Å². The minimum atomic E-state index is -1.38. The molecule has 1 aliphatic heterocycles. The van der Waals surface area contributed by atoms with Crippen LogP contribution in [0.3, 0.4) is 0 Å². The van der Waals surface area contributed by atoms with Crippen molar-refractivity contribution in [2.75, 3.05) is 13.7 Å². The van der Waals surface area contributed by atoms with Crippen LogP contribution in [0.4, 0.5) is 0 Å². The van der Waals surface area contributed by atoms with Crippen LogP contribution in [0.5, 0.6) is 0 Å². The smallest absolute Gasteiger partial charge is 0.164 e. The topological polar surface area (TPSA) is 89.6 Å². The summed E-state index contributed by atoms with van der Waals surface area (Å²) in [5.41, 5.74) is -0.734. The van der Waals surface area contributed by atoms with E-state index in [9.17, 15) is 10.2 Å². The molecule has 7 heteroatoms. The van der Waals surface area contributed by atoms with Gasteiger partial charge in [0.1, 0.15) is 29.8 Å². The van der Waals surface area contributed by atoms with Gasteiger partial charge in [-0.1, -0.05) is 0 Å². The molecule has 7 nitrogen and oxygen atoms in total.